The first-order valence-electron chi connectivity index (χ1n) is 10.3. The number of amides is 4. The minimum atomic E-state index is -1.34. The van der Waals surface area contributed by atoms with Gasteiger partial charge in [-0.25, -0.2) is 4.79 Å². The second-order valence-electron chi connectivity index (χ2n) is 7.71. The van der Waals surface area contributed by atoms with Crippen molar-refractivity contribution >= 4 is 41.4 Å². The maximum atomic E-state index is 13.1. The molecule has 0 spiro atoms. The van der Waals surface area contributed by atoms with Crippen molar-refractivity contribution in [2.24, 2.45) is 11.5 Å². The molecule has 4 amide bonds. The molecule has 1 saturated heterocycles. The number of primary amides is 1. The molecule has 1 rings (SSSR count). The number of likely N-dealkylation sites (tertiary alicyclic amines) is 1. The maximum Gasteiger partial charge on any atom is 0.326 e. The molecule has 13 heteroatoms. The number of hydrogen-bond acceptors (Lipinski definition) is 8. The lowest BCUT2D eigenvalue weighted by Crippen LogP contribution is -2.59. The van der Waals surface area contributed by atoms with Gasteiger partial charge >= 0.3 is 5.97 Å². The zero-order valence-electron chi connectivity index (χ0n) is 18.3. The van der Waals surface area contributed by atoms with E-state index in [1.807, 2.05) is 6.26 Å². The summed E-state index contributed by atoms with van der Waals surface area (Å²) in [5, 5.41) is 24.2. The van der Waals surface area contributed by atoms with E-state index in [4.69, 9.17) is 11.5 Å². The second kappa shape index (κ2) is 13.2. The lowest BCUT2D eigenvalue weighted by molar-refractivity contribution is -0.146. The Morgan fingerprint density at radius 1 is 1.19 bits per heavy atom. The van der Waals surface area contributed by atoms with E-state index in [1.54, 1.807) is 0 Å². The van der Waals surface area contributed by atoms with Gasteiger partial charge in [0.2, 0.25) is 23.6 Å². The highest BCUT2D eigenvalue weighted by molar-refractivity contribution is 7.98. The van der Waals surface area contributed by atoms with E-state index in [0.29, 0.717) is 18.6 Å². The number of carbonyl (C=O) groups is 5. The Morgan fingerprint density at radius 2 is 1.84 bits per heavy atom. The molecule has 1 heterocycles. The number of nitrogens with zero attached hydrogens (tertiary/aromatic N) is 1. The highest BCUT2D eigenvalue weighted by Crippen LogP contribution is 2.20. The van der Waals surface area contributed by atoms with Gasteiger partial charge in [0.15, 0.2) is 0 Å². The molecule has 1 aliphatic heterocycles. The average Bonchev–Trinajstić information content (AvgIpc) is 3.21. The number of nitrogens with one attached hydrogen (secondary N) is 2. The SMILES string of the molecule is CSCCC(N)C(=O)NC(C(=O)N1CCCC1C(=O)NC(CCC(N)=O)C(=O)O)C(C)O. The van der Waals surface area contributed by atoms with Crippen LogP contribution in [0.3, 0.4) is 0 Å². The summed E-state index contributed by atoms with van der Waals surface area (Å²) >= 11 is 1.52. The monoisotopic (exact) mass is 475 g/mol. The van der Waals surface area contributed by atoms with Gasteiger partial charge in [0.25, 0.3) is 0 Å². The van der Waals surface area contributed by atoms with E-state index in [-0.39, 0.29) is 25.8 Å². The molecule has 0 aromatic carbocycles. The molecule has 12 nitrogen and oxygen atoms in total. The first-order chi connectivity index (χ1) is 15.0. The van der Waals surface area contributed by atoms with Crippen molar-refractivity contribution in [2.45, 2.75) is 69.3 Å². The van der Waals surface area contributed by atoms with Gasteiger partial charge in [-0.3, -0.25) is 19.2 Å². The Morgan fingerprint density at radius 3 is 2.38 bits per heavy atom. The Kier molecular flexibility index (Phi) is 11.4. The zero-order chi connectivity index (χ0) is 24.4. The van der Waals surface area contributed by atoms with Crippen molar-refractivity contribution in [1.82, 2.24) is 15.5 Å². The van der Waals surface area contributed by atoms with Crippen molar-refractivity contribution in [1.29, 1.82) is 0 Å². The summed E-state index contributed by atoms with van der Waals surface area (Å²) in [4.78, 5) is 61.6. The van der Waals surface area contributed by atoms with E-state index in [2.05, 4.69) is 10.6 Å². The average molecular weight is 476 g/mol. The van der Waals surface area contributed by atoms with Crippen molar-refractivity contribution in [2.75, 3.05) is 18.6 Å². The third-order valence-corrected chi connectivity index (χ3v) is 5.79. The van der Waals surface area contributed by atoms with E-state index in [0.717, 1.165) is 0 Å². The summed E-state index contributed by atoms with van der Waals surface area (Å²) in [6, 6.07) is -4.47. The molecule has 182 valence electrons. The van der Waals surface area contributed by atoms with Crippen LogP contribution in [0.4, 0.5) is 0 Å². The minimum absolute atomic E-state index is 0.183. The maximum absolute atomic E-state index is 13.1. The van der Waals surface area contributed by atoms with Gasteiger partial charge in [0, 0.05) is 13.0 Å². The summed E-state index contributed by atoms with van der Waals surface area (Å²) in [6.45, 7) is 1.54. The Labute approximate surface area is 190 Å². The molecule has 0 saturated carbocycles. The van der Waals surface area contributed by atoms with Gasteiger partial charge in [-0.05, 0) is 44.6 Å². The molecule has 0 aliphatic carbocycles. The van der Waals surface area contributed by atoms with Gasteiger partial charge < -0.3 is 37.2 Å². The normalized spacial score (nSPS) is 19.5. The molecule has 5 unspecified atom stereocenters. The van der Waals surface area contributed by atoms with E-state index in [9.17, 15) is 34.2 Å². The molecule has 1 aliphatic rings. The smallest absolute Gasteiger partial charge is 0.326 e. The van der Waals surface area contributed by atoms with Crippen LogP contribution in [0.25, 0.3) is 0 Å². The number of rotatable bonds is 13. The lowest BCUT2D eigenvalue weighted by atomic mass is 10.1. The topological polar surface area (TPSA) is 205 Å². The van der Waals surface area contributed by atoms with Gasteiger partial charge in [-0.1, -0.05) is 0 Å². The van der Waals surface area contributed by atoms with Crippen LogP contribution in [-0.2, 0) is 24.0 Å². The van der Waals surface area contributed by atoms with Crippen molar-refractivity contribution in [3.63, 3.8) is 0 Å². The molecular formula is C19H33N5O7S. The largest absolute Gasteiger partial charge is 0.480 e. The number of aliphatic hydroxyl groups is 1. The van der Waals surface area contributed by atoms with Crippen LogP contribution < -0.4 is 22.1 Å². The molecule has 0 aromatic heterocycles. The summed E-state index contributed by atoms with van der Waals surface area (Å²) < 4.78 is 0. The number of hydrogen-bond donors (Lipinski definition) is 6. The van der Waals surface area contributed by atoms with Crippen LogP contribution in [0, 0.1) is 0 Å². The fraction of sp³-hybridized carbons (Fsp3) is 0.737. The quantitative estimate of drug-likeness (QED) is 0.170. The van der Waals surface area contributed by atoms with Crippen LogP contribution in [0.5, 0.6) is 0 Å². The molecule has 0 bridgehead atoms. The van der Waals surface area contributed by atoms with Crippen LogP contribution in [0.1, 0.15) is 39.0 Å². The fourth-order valence-corrected chi connectivity index (χ4v) is 3.81. The number of thioether (sulfide) groups is 1. The number of carboxylic acid groups (broad SMARTS) is 1. The van der Waals surface area contributed by atoms with Crippen LogP contribution in [0.15, 0.2) is 0 Å². The highest BCUT2D eigenvalue weighted by Gasteiger charge is 2.40. The van der Waals surface area contributed by atoms with Gasteiger partial charge in [-0.15, -0.1) is 0 Å². The van der Waals surface area contributed by atoms with Crippen molar-refractivity contribution in [3.8, 4) is 0 Å². The van der Waals surface area contributed by atoms with Crippen LogP contribution in [-0.4, -0.2) is 93.5 Å². The third-order valence-electron chi connectivity index (χ3n) is 5.15. The molecule has 5 atom stereocenters. The molecule has 8 N–H and O–H groups in total. The lowest BCUT2D eigenvalue weighted by Gasteiger charge is -2.31. The van der Waals surface area contributed by atoms with Crippen molar-refractivity contribution in [3.05, 3.63) is 0 Å². The molecule has 32 heavy (non-hydrogen) atoms. The molecule has 0 aromatic rings. The van der Waals surface area contributed by atoms with E-state index in [1.165, 1.54) is 23.6 Å². The number of carboxylic acids is 1. The first kappa shape index (κ1) is 27.7. The summed E-state index contributed by atoms with van der Waals surface area (Å²) in [7, 11) is 0. The first-order valence-corrected chi connectivity index (χ1v) is 11.7. The predicted octanol–water partition coefficient (Wildman–Crippen LogP) is -2.24. The summed E-state index contributed by atoms with van der Waals surface area (Å²) in [5.41, 5.74) is 10.9. The second-order valence-corrected chi connectivity index (χ2v) is 8.69. The standard InChI is InChI=1S/C19H33N5O7S/c1-10(25)15(23-16(27)11(20)7-9-32-2)18(29)24-8-3-4-13(24)17(28)22-12(19(30)31)5-6-14(21)26/h10-13,15,25H,3-9,20H2,1-2H3,(H2,21,26)(H,22,28)(H,23,27)(H,30,31). The number of nitrogens with two attached hydrogens (primary N) is 2. The van der Waals surface area contributed by atoms with Crippen LogP contribution in [0.2, 0.25) is 0 Å². The third kappa shape index (κ3) is 8.28. The Hall–Kier alpha value is -2.38. The zero-order valence-corrected chi connectivity index (χ0v) is 19.1. The van der Waals surface area contributed by atoms with E-state index >= 15 is 0 Å². The van der Waals surface area contributed by atoms with E-state index < -0.39 is 59.9 Å². The molecule has 0 radical (unpaired) electrons. The van der Waals surface area contributed by atoms with Gasteiger partial charge in [0.1, 0.15) is 18.1 Å². The number of aliphatic carboxylic acids is 1. The van der Waals surface area contributed by atoms with Crippen LogP contribution >= 0.6 is 11.8 Å². The summed E-state index contributed by atoms with van der Waals surface area (Å²) in [6.07, 6.45) is 1.38. The molecule has 1 fully saturated rings. The predicted molar refractivity (Wildman–Crippen MR) is 117 cm³/mol. The Bertz CT molecular complexity index is 706. The Balaban J connectivity index is 2.87. The van der Waals surface area contributed by atoms with Gasteiger partial charge in [-0.2, -0.15) is 11.8 Å². The minimum Gasteiger partial charge on any atom is -0.480 e. The summed E-state index contributed by atoms with van der Waals surface area (Å²) in [5.74, 6) is -3.32. The van der Waals surface area contributed by atoms with Crippen molar-refractivity contribution < 1.29 is 34.2 Å². The van der Waals surface area contributed by atoms with Gasteiger partial charge in [0.05, 0.1) is 12.1 Å². The fourth-order valence-electron chi connectivity index (χ4n) is 3.32. The highest BCUT2D eigenvalue weighted by atomic mass is 32.2. The number of carbonyl (C=O) groups excluding carboxylic acids is 4. The number of aliphatic hydroxyl groups excluding tert-OH is 1. The molecular weight excluding hydrogens is 442 g/mol.